The van der Waals surface area contributed by atoms with Crippen LogP contribution in [0, 0.1) is 0 Å². The Kier molecular flexibility index (Phi) is 5.98. The molecule has 1 saturated heterocycles. The minimum absolute atomic E-state index is 0.00298. The number of rotatable bonds is 5. The van der Waals surface area contributed by atoms with Crippen molar-refractivity contribution in [1.29, 1.82) is 0 Å². The summed E-state index contributed by atoms with van der Waals surface area (Å²) in [5.74, 6) is -0.119. The Bertz CT molecular complexity index is 925. The number of halogens is 1. The molecule has 1 aliphatic heterocycles. The molecule has 0 radical (unpaired) electrons. The number of carbonyl (C=O) groups is 1. The molecule has 9 heteroatoms. The van der Waals surface area contributed by atoms with Crippen LogP contribution < -0.4 is 10.1 Å². The fraction of sp³-hybridized carbons (Fsp3) is 0.333. The second-order valence-corrected chi connectivity index (χ2v) is 8.61. The molecule has 144 valence electrons. The van der Waals surface area contributed by atoms with Gasteiger partial charge in [-0.15, -0.1) is 0 Å². The maximum atomic E-state index is 12.4. The molecule has 1 fully saturated rings. The Balaban J connectivity index is 1.67. The van der Waals surface area contributed by atoms with Gasteiger partial charge in [0.15, 0.2) is 9.84 Å². The largest absolute Gasteiger partial charge is 0.473 e. The lowest BCUT2D eigenvalue weighted by molar-refractivity contribution is 0.0238. The molecule has 0 atom stereocenters. The number of anilines is 1. The molecule has 0 bridgehead atoms. The van der Waals surface area contributed by atoms with Crippen LogP contribution in [0.1, 0.15) is 23.2 Å². The zero-order valence-electron chi connectivity index (χ0n) is 14.6. The van der Waals surface area contributed by atoms with E-state index in [9.17, 15) is 13.2 Å². The lowest BCUT2D eigenvalue weighted by atomic mass is 10.1. The van der Waals surface area contributed by atoms with E-state index in [-0.39, 0.29) is 27.5 Å². The van der Waals surface area contributed by atoms with E-state index < -0.39 is 15.7 Å². The number of ether oxygens (including phenoxy) is 2. The van der Waals surface area contributed by atoms with E-state index in [2.05, 4.69) is 10.3 Å². The Hall–Kier alpha value is -2.16. The van der Waals surface area contributed by atoms with Crippen molar-refractivity contribution in [2.24, 2.45) is 0 Å². The molecule has 1 aromatic heterocycles. The minimum atomic E-state index is -3.28. The highest BCUT2D eigenvalue weighted by Gasteiger charge is 2.18. The van der Waals surface area contributed by atoms with E-state index in [1.807, 2.05) is 0 Å². The summed E-state index contributed by atoms with van der Waals surface area (Å²) in [5.41, 5.74) is 0.734. The number of aromatic nitrogens is 1. The first-order valence-corrected chi connectivity index (χ1v) is 10.6. The van der Waals surface area contributed by atoms with Crippen LogP contribution in [0.3, 0.4) is 0 Å². The van der Waals surface area contributed by atoms with Crippen molar-refractivity contribution in [2.45, 2.75) is 23.8 Å². The van der Waals surface area contributed by atoms with Gasteiger partial charge >= 0.3 is 0 Å². The highest BCUT2D eigenvalue weighted by molar-refractivity contribution is 7.90. The number of hydrogen-bond acceptors (Lipinski definition) is 6. The van der Waals surface area contributed by atoms with E-state index in [0.717, 1.165) is 19.1 Å². The van der Waals surface area contributed by atoms with Crippen molar-refractivity contribution in [3.8, 4) is 5.88 Å². The van der Waals surface area contributed by atoms with Crippen LogP contribution in [0.4, 0.5) is 5.69 Å². The number of hydrogen-bond donors (Lipinski definition) is 1. The van der Waals surface area contributed by atoms with Gasteiger partial charge in [-0.05, 0) is 30.3 Å². The molecule has 27 heavy (non-hydrogen) atoms. The van der Waals surface area contributed by atoms with Crippen LogP contribution in [-0.4, -0.2) is 44.9 Å². The van der Waals surface area contributed by atoms with Crippen LogP contribution in [0.2, 0.25) is 5.02 Å². The Morgan fingerprint density at radius 1 is 1.26 bits per heavy atom. The molecule has 0 aliphatic carbocycles. The summed E-state index contributed by atoms with van der Waals surface area (Å²) >= 11 is 6.20. The maximum Gasteiger partial charge on any atom is 0.257 e. The van der Waals surface area contributed by atoms with Gasteiger partial charge in [0.25, 0.3) is 5.91 Å². The van der Waals surface area contributed by atoms with Crippen molar-refractivity contribution in [1.82, 2.24) is 4.98 Å². The standard InChI is InChI=1S/C18H19ClN2O5S/c1-27(23,24)15-4-2-13(3-5-15)21-17(22)12-10-16(19)18(20-11-12)26-14-6-8-25-9-7-14/h2-5,10-11,14H,6-9H2,1H3,(H,21,22). The number of pyridine rings is 1. The predicted molar refractivity (Wildman–Crippen MR) is 101 cm³/mol. The third-order valence-corrected chi connectivity index (χ3v) is 5.46. The zero-order chi connectivity index (χ0) is 19.4. The van der Waals surface area contributed by atoms with Gasteiger partial charge in [-0.1, -0.05) is 11.6 Å². The quantitative estimate of drug-likeness (QED) is 0.814. The number of carbonyl (C=O) groups excluding carboxylic acids is 1. The highest BCUT2D eigenvalue weighted by Crippen LogP contribution is 2.26. The molecule has 1 amide bonds. The summed E-state index contributed by atoms with van der Waals surface area (Å²) in [5, 5.41) is 2.93. The summed E-state index contributed by atoms with van der Waals surface area (Å²) < 4.78 is 34.0. The Labute approximate surface area is 162 Å². The van der Waals surface area contributed by atoms with Crippen LogP contribution in [0.5, 0.6) is 5.88 Å². The third kappa shape index (κ3) is 5.18. The smallest absolute Gasteiger partial charge is 0.257 e. The normalized spacial score (nSPS) is 15.3. The molecule has 1 N–H and O–H groups in total. The molecule has 0 saturated carbocycles. The number of benzene rings is 1. The highest BCUT2D eigenvalue weighted by atomic mass is 35.5. The number of nitrogens with one attached hydrogen (secondary N) is 1. The topological polar surface area (TPSA) is 94.6 Å². The monoisotopic (exact) mass is 410 g/mol. The molecule has 0 unspecified atom stereocenters. The second-order valence-electron chi connectivity index (χ2n) is 6.19. The predicted octanol–water partition coefficient (Wildman–Crippen LogP) is 2.95. The van der Waals surface area contributed by atoms with Crippen molar-refractivity contribution in [3.05, 3.63) is 47.1 Å². The Morgan fingerprint density at radius 3 is 2.52 bits per heavy atom. The van der Waals surface area contributed by atoms with E-state index in [0.29, 0.717) is 18.9 Å². The van der Waals surface area contributed by atoms with Gasteiger partial charge in [0.05, 0.1) is 23.7 Å². The van der Waals surface area contributed by atoms with Gasteiger partial charge in [0.1, 0.15) is 11.1 Å². The average Bonchev–Trinajstić information content (AvgIpc) is 2.64. The first-order valence-electron chi connectivity index (χ1n) is 8.34. The van der Waals surface area contributed by atoms with Crippen molar-refractivity contribution in [3.63, 3.8) is 0 Å². The summed E-state index contributed by atoms with van der Waals surface area (Å²) in [6.07, 6.45) is 4.05. The van der Waals surface area contributed by atoms with E-state index in [1.165, 1.54) is 36.5 Å². The van der Waals surface area contributed by atoms with Crippen LogP contribution in [0.25, 0.3) is 0 Å². The average molecular weight is 411 g/mol. The van der Waals surface area contributed by atoms with Gasteiger partial charge < -0.3 is 14.8 Å². The number of nitrogens with zero attached hydrogens (tertiary/aromatic N) is 1. The summed E-state index contributed by atoms with van der Waals surface area (Å²) in [7, 11) is -3.28. The maximum absolute atomic E-state index is 12.4. The molecule has 0 spiro atoms. The van der Waals surface area contributed by atoms with E-state index >= 15 is 0 Å². The van der Waals surface area contributed by atoms with Crippen molar-refractivity contribution < 1.29 is 22.7 Å². The molecule has 1 aliphatic rings. The molecule has 1 aromatic carbocycles. The summed E-state index contributed by atoms with van der Waals surface area (Å²) in [6.45, 7) is 1.28. The number of amides is 1. The van der Waals surface area contributed by atoms with Gasteiger partial charge in [-0.25, -0.2) is 13.4 Å². The summed E-state index contributed by atoms with van der Waals surface area (Å²) in [6, 6.07) is 7.39. The van der Waals surface area contributed by atoms with Crippen LogP contribution >= 0.6 is 11.6 Å². The van der Waals surface area contributed by atoms with Crippen LogP contribution in [-0.2, 0) is 14.6 Å². The van der Waals surface area contributed by atoms with Crippen molar-refractivity contribution in [2.75, 3.05) is 24.8 Å². The molecular weight excluding hydrogens is 392 g/mol. The molecule has 7 nitrogen and oxygen atoms in total. The fourth-order valence-electron chi connectivity index (χ4n) is 2.58. The molecular formula is C18H19ClN2O5S. The fourth-order valence-corrected chi connectivity index (χ4v) is 3.42. The third-order valence-electron chi connectivity index (χ3n) is 4.06. The van der Waals surface area contributed by atoms with Gasteiger partial charge in [0.2, 0.25) is 5.88 Å². The van der Waals surface area contributed by atoms with Crippen molar-refractivity contribution >= 4 is 33.0 Å². The lowest BCUT2D eigenvalue weighted by Gasteiger charge is -2.23. The zero-order valence-corrected chi connectivity index (χ0v) is 16.2. The van der Waals surface area contributed by atoms with Crippen LogP contribution in [0.15, 0.2) is 41.4 Å². The minimum Gasteiger partial charge on any atom is -0.473 e. The molecule has 2 aromatic rings. The lowest BCUT2D eigenvalue weighted by Crippen LogP contribution is -2.26. The second kappa shape index (κ2) is 8.24. The SMILES string of the molecule is CS(=O)(=O)c1ccc(NC(=O)c2cnc(OC3CCOCC3)c(Cl)c2)cc1. The number of sulfone groups is 1. The van der Waals surface area contributed by atoms with Gasteiger partial charge in [-0.3, -0.25) is 4.79 Å². The van der Waals surface area contributed by atoms with E-state index in [4.69, 9.17) is 21.1 Å². The molecule has 2 heterocycles. The Morgan fingerprint density at radius 2 is 1.93 bits per heavy atom. The van der Waals surface area contributed by atoms with E-state index in [1.54, 1.807) is 0 Å². The molecule has 3 rings (SSSR count). The van der Waals surface area contributed by atoms with Gasteiger partial charge in [-0.2, -0.15) is 0 Å². The first-order chi connectivity index (χ1) is 12.8. The van der Waals surface area contributed by atoms with Gasteiger partial charge in [0, 0.05) is 31.0 Å². The summed E-state index contributed by atoms with van der Waals surface area (Å²) in [4.78, 5) is 16.7. The first kappa shape index (κ1) is 19.6.